The van der Waals surface area contributed by atoms with Gasteiger partial charge in [-0.3, -0.25) is 15.1 Å². The van der Waals surface area contributed by atoms with Crippen molar-refractivity contribution < 1.29 is 4.79 Å². The summed E-state index contributed by atoms with van der Waals surface area (Å²) < 4.78 is 0. The molecule has 2 heterocycles. The van der Waals surface area contributed by atoms with Gasteiger partial charge in [-0.15, -0.1) is 11.6 Å². The van der Waals surface area contributed by atoms with Crippen LogP contribution in [0.2, 0.25) is 0 Å². The number of hydrogen-bond donors (Lipinski definition) is 2. The second-order valence-corrected chi connectivity index (χ2v) is 6.84. The number of halogens is 1. The van der Waals surface area contributed by atoms with Gasteiger partial charge in [0, 0.05) is 43.0 Å². The molecule has 1 aromatic rings. The zero-order chi connectivity index (χ0) is 16.5. The standard InChI is InChI=1S/C18H21ClN4O/c19-9-17(24)23-6-5-16-14(11-23)10-20-18(22-16)21-15-7-12-3-1-2-4-13(12)8-15/h1-4,10,15,18,21-22H,5-9,11H2. The van der Waals surface area contributed by atoms with E-state index in [1.807, 2.05) is 6.21 Å². The molecule has 0 radical (unpaired) electrons. The molecule has 24 heavy (non-hydrogen) atoms. The van der Waals surface area contributed by atoms with Crippen molar-refractivity contribution in [2.75, 3.05) is 19.0 Å². The van der Waals surface area contributed by atoms with Gasteiger partial charge in [-0.25, -0.2) is 0 Å². The number of aliphatic imine (C=N–C) groups is 1. The second-order valence-electron chi connectivity index (χ2n) is 6.57. The Morgan fingerprint density at radius 3 is 2.79 bits per heavy atom. The summed E-state index contributed by atoms with van der Waals surface area (Å²) in [5.41, 5.74) is 5.15. The first-order valence-corrected chi connectivity index (χ1v) is 8.94. The van der Waals surface area contributed by atoms with Crippen LogP contribution in [-0.2, 0) is 17.6 Å². The van der Waals surface area contributed by atoms with Crippen molar-refractivity contribution >= 4 is 23.7 Å². The van der Waals surface area contributed by atoms with Crippen molar-refractivity contribution in [3.05, 3.63) is 46.7 Å². The Labute approximate surface area is 146 Å². The van der Waals surface area contributed by atoms with Crippen molar-refractivity contribution in [3.63, 3.8) is 0 Å². The van der Waals surface area contributed by atoms with E-state index in [1.54, 1.807) is 4.90 Å². The number of carbonyl (C=O) groups is 1. The van der Waals surface area contributed by atoms with Gasteiger partial charge in [-0.05, 0) is 24.0 Å². The van der Waals surface area contributed by atoms with E-state index in [4.69, 9.17) is 11.6 Å². The van der Waals surface area contributed by atoms with Crippen molar-refractivity contribution in [1.82, 2.24) is 15.5 Å². The average molecular weight is 345 g/mol. The Kier molecular flexibility index (Phi) is 4.29. The molecule has 0 bridgehead atoms. The first-order valence-electron chi connectivity index (χ1n) is 8.41. The van der Waals surface area contributed by atoms with E-state index in [-0.39, 0.29) is 18.1 Å². The molecule has 2 aliphatic heterocycles. The summed E-state index contributed by atoms with van der Waals surface area (Å²) in [6.45, 7) is 1.31. The van der Waals surface area contributed by atoms with E-state index >= 15 is 0 Å². The molecule has 1 aromatic carbocycles. The van der Waals surface area contributed by atoms with Gasteiger partial charge >= 0.3 is 0 Å². The summed E-state index contributed by atoms with van der Waals surface area (Å²) in [7, 11) is 0. The van der Waals surface area contributed by atoms with Gasteiger partial charge in [0.25, 0.3) is 0 Å². The third-order valence-electron chi connectivity index (χ3n) is 4.98. The number of rotatable bonds is 3. The Bertz CT molecular complexity index is 690. The third-order valence-corrected chi connectivity index (χ3v) is 5.21. The van der Waals surface area contributed by atoms with E-state index in [0.29, 0.717) is 19.1 Å². The molecular formula is C18H21ClN4O. The van der Waals surface area contributed by atoms with Crippen LogP contribution < -0.4 is 10.6 Å². The largest absolute Gasteiger partial charge is 0.355 e. The van der Waals surface area contributed by atoms with Crippen molar-refractivity contribution in [2.45, 2.75) is 31.6 Å². The maximum atomic E-state index is 11.7. The zero-order valence-electron chi connectivity index (χ0n) is 13.5. The number of hydrogen-bond acceptors (Lipinski definition) is 4. The lowest BCUT2D eigenvalue weighted by atomic mass is 10.1. The quantitative estimate of drug-likeness (QED) is 0.816. The highest BCUT2D eigenvalue weighted by molar-refractivity contribution is 6.27. The summed E-state index contributed by atoms with van der Waals surface area (Å²) >= 11 is 5.65. The van der Waals surface area contributed by atoms with Gasteiger partial charge in [0.1, 0.15) is 5.88 Å². The number of benzene rings is 1. The van der Waals surface area contributed by atoms with Crippen LogP contribution in [0.5, 0.6) is 0 Å². The Morgan fingerprint density at radius 1 is 1.33 bits per heavy atom. The predicted molar refractivity (Wildman–Crippen MR) is 95.1 cm³/mol. The summed E-state index contributed by atoms with van der Waals surface area (Å²) in [5.74, 6) is 0.0279. The Balaban J connectivity index is 1.36. The van der Waals surface area contributed by atoms with Gasteiger partial charge in [-0.1, -0.05) is 24.3 Å². The molecular weight excluding hydrogens is 324 g/mol. The summed E-state index contributed by atoms with van der Waals surface area (Å²) in [6, 6.07) is 9.03. The third kappa shape index (κ3) is 3.06. The minimum atomic E-state index is -0.0849. The predicted octanol–water partition coefficient (Wildman–Crippen LogP) is 1.43. The van der Waals surface area contributed by atoms with Gasteiger partial charge in [0.15, 0.2) is 6.29 Å². The van der Waals surface area contributed by atoms with Crippen LogP contribution in [0.4, 0.5) is 0 Å². The van der Waals surface area contributed by atoms with Crippen LogP contribution in [0.15, 0.2) is 40.5 Å². The minimum absolute atomic E-state index is 0.0133. The highest BCUT2D eigenvalue weighted by atomic mass is 35.5. The molecule has 1 atom stereocenters. The lowest BCUT2D eigenvalue weighted by Gasteiger charge is -2.34. The van der Waals surface area contributed by atoms with Crippen LogP contribution in [0, 0.1) is 0 Å². The van der Waals surface area contributed by atoms with Crippen molar-refractivity contribution in [1.29, 1.82) is 0 Å². The number of amides is 1. The molecule has 1 aliphatic carbocycles. The Hall–Kier alpha value is -1.85. The molecule has 6 heteroatoms. The van der Waals surface area contributed by atoms with Gasteiger partial charge in [0.05, 0.1) is 0 Å². The number of carbonyl (C=O) groups excluding carboxylic acids is 1. The number of alkyl halides is 1. The molecule has 3 aliphatic rings. The number of nitrogens with one attached hydrogen (secondary N) is 2. The molecule has 0 saturated heterocycles. The molecule has 0 saturated carbocycles. The SMILES string of the molecule is O=C(CCl)N1CCC2=C(C=NC(NC3Cc4ccccc4C3)N2)C1. The summed E-state index contributed by atoms with van der Waals surface area (Å²) in [6.07, 6.45) is 4.74. The van der Waals surface area contributed by atoms with Crippen molar-refractivity contribution in [2.24, 2.45) is 4.99 Å². The minimum Gasteiger partial charge on any atom is -0.355 e. The van der Waals surface area contributed by atoms with E-state index in [0.717, 1.165) is 24.8 Å². The van der Waals surface area contributed by atoms with Gasteiger partial charge < -0.3 is 10.2 Å². The monoisotopic (exact) mass is 344 g/mol. The first-order chi connectivity index (χ1) is 11.7. The van der Waals surface area contributed by atoms with E-state index in [1.165, 1.54) is 16.8 Å². The topological polar surface area (TPSA) is 56.7 Å². The van der Waals surface area contributed by atoms with Crippen LogP contribution in [-0.4, -0.2) is 48.3 Å². The Morgan fingerprint density at radius 2 is 2.08 bits per heavy atom. The fraction of sp³-hybridized carbons (Fsp3) is 0.444. The summed E-state index contributed by atoms with van der Waals surface area (Å²) in [5, 5.41) is 7.08. The lowest BCUT2D eigenvalue weighted by molar-refractivity contribution is -0.128. The fourth-order valence-electron chi connectivity index (χ4n) is 3.72. The molecule has 2 N–H and O–H groups in total. The van der Waals surface area contributed by atoms with E-state index in [9.17, 15) is 4.79 Å². The molecule has 0 spiro atoms. The van der Waals surface area contributed by atoms with Crippen LogP contribution in [0.25, 0.3) is 0 Å². The van der Waals surface area contributed by atoms with Gasteiger partial charge in [-0.2, -0.15) is 0 Å². The molecule has 4 rings (SSSR count). The molecule has 0 fully saturated rings. The average Bonchev–Trinajstić information content (AvgIpc) is 3.02. The number of nitrogens with zero attached hydrogens (tertiary/aromatic N) is 2. The molecule has 5 nitrogen and oxygen atoms in total. The van der Waals surface area contributed by atoms with Crippen LogP contribution >= 0.6 is 11.6 Å². The summed E-state index contributed by atoms with van der Waals surface area (Å²) in [4.78, 5) is 18.1. The first kappa shape index (κ1) is 15.7. The smallest absolute Gasteiger partial charge is 0.237 e. The maximum Gasteiger partial charge on any atom is 0.237 e. The molecule has 126 valence electrons. The number of fused-ring (bicyclic) bond motifs is 1. The van der Waals surface area contributed by atoms with Gasteiger partial charge in [0.2, 0.25) is 5.91 Å². The van der Waals surface area contributed by atoms with Crippen LogP contribution in [0.3, 0.4) is 0 Å². The molecule has 0 aromatic heterocycles. The van der Waals surface area contributed by atoms with Crippen LogP contribution in [0.1, 0.15) is 17.5 Å². The lowest BCUT2D eigenvalue weighted by Crippen LogP contribution is -2.50. The highest BCUT2D eigenvalue weighted by Crippen LogP contribution is 2.23. The second kappa shape index (κ2) is 6.57. The van der Waals surface area contributed by atoms with Crippen molar-refractivity contribution in [3.8, 4) is 0 Å². The van der Waals surface area contributed by atoms with E-state index in [2.05, 4.69) is 39.9 Å². The fourth-order valence-corrected chi connectivity index (χ4v) is 3.89. The zero-order valence-corrected chi connectivity index (χ0v) is 14.2. The van der Waals surface area contributed by atoms with E-state index < -0.39 is 0 Å². The maximum absolute atomic E-state index is 11.7. The highest BCUT2D eigenvalue weighted by Gasteiger charge is 2.28. The molecule has 1 amide bonds. The normalized spacial score (nSPS) is 23.0. The molecule has 1 unspecified atom stereocenters.